The molecule has 100 valence electrons. The fourth-order valence-corrected chi connectivity index (χ4v) is 2.61. The topological polar surface area (TPSA) is 26.0 Å². The van der Waals surface area contributed by atoms with Gasteiger partial charge in [-0.15, -0.1) is 11.8 Å². The molecule has 0 fully saturated rings. The number of rotatable bonds is 4. The van der Waals surface area contributed by atoms with Gasteiger partial charge in [-0.1, -0.05) is 18.2 Å². The van der Waals surface area contributed by atoms with Crippen LogP contribution in [-0.2, 0) is 0 Å². The molecule has 2 aromatic rings. The van der Waals surface area contributed by atoms with Crippen LogP contribution < -0.4 is 5.73 Å². The highest BCUT2D eigenvalue weighted by molar-refractivity contribution is 7.99. The molecule has 1 atom stereocenters. The molecule has 0 bridgehead atoms. The molecule has 0 saturated heterocycles. The zero-order chi connectivity index (χ0) is 13.8. The van der Waals surface area contributed by atoms with E-state index in [1.165, 1.54) is 30.0 Å². The first kappa shape index (κ1) is 14.0. The van der Waals surface area contributed by atoms with E-state index in [-0.39, 0.29) is 17.7 Å². The Morgan fingerprint density at radius 2 is 1.95 bits per heavy atom. The molecule has 1 nitrogen and oxygen atoms in total. The Hall–Kier alpha value is -1.39. The van der Waals surface area contributed by atoms with Gasteiger partial charge in [-0.3, -0.25) is 0 Å². The molecule has 19 heavy (non-hydrogen) atoms. The van der Waals surface area contributed by atoms with Crippen LogP contribution in [0, 0.1) is 18.6 Å². The molecule has 0 saturated carbocycles. The molecule has 0 aliphatic rings. The maximum atomic E-state index is 13.4. The lowest BCUT2D eigenvalue weighted by Crippen LogP contribution is -2.13. The number of halogens is 2. The summed E-state index contributed by atoms with van der Waals surface area (Å²) < 4.78 is 26.5. The van der Waals surface area contributed by atoms with Crippen LogP contribution in [0.5, 0.6) is 0 Å². The summed E-state index contributed by atoms with van der Waals surface area (Å²) in [6.45, 7) is 1.71. The molecule has 0 radical (unpaired) electrons. The first-order valence-corrected chi connectivity index (χ1v) is 6.95. The van der Waals surface area contributed by atoms with Crippen LogP contribution in [0.15, 0.2) is 47.4 Å². The third-order valence-electron chi connectivity index (χ3n) is 2.85. The maximum Gasteiger partial charge on any atom is 0.126 e. The zero-order valence-electron chi connectivity index (χ0n) is 10.6. The van der Waals surface area contributed by atoms with Crippen LogP contribution in [0.1, 0.15) is 17.2 Å². The predicted molar refractivity (Wildman–Crippen MR) is 75.2 cm³/mol. The molecular weight excluding hydrogens is 264 g/mol. The van der Waals surface area contributed by atoms with Gasteiger partial charge in [-0.05, 0) is 42.3 Å². The summed E-state index contributed by atoms with van der Waals surface area (Å²) in [7, 11) is 0. The summed E-state index contributed by atoms with van der Waals surface area (Å²) in [4.78, 5) is 0.822. The van der Waals surface area contributed by atoms with Gasteiger partial charge in [0.1, 0.15) is 11.6 Å². The van der Waals surface area contributed by atoms with E-state index < -0.39 is 0 Å². The highest BCUT2D eigenvalue weighted by atomic mass is 32.2. The van der Waals surface area contributed by atoms with Crippen molar-refractivity contribution in [3.05, 3.63) is 65.2 Å². The van der Waals surface area contributed by atoms with Crippen molar-refractivity contribution in [2.24, 2.45) is 5.73 Å². The van der Waals surface area contributed by atoms with Crippen molar-refractivity contribution >= 4 is 11.8 Å². The SMILES string of the molecule is Cc1ccc(C(N)CSc2cccc(F)c2)cc1F. The van der Waals surface area contributed by atoms with E-state index in [4.69, 9.17) is 5.73 Å². The molecule has 4 heteroatoms. The molecule has 2 N–H and O–H groups in total. The Kier molecular flexibility index (Phi) is 4.56. The standard InChI is InChI=1S/C15H15F2NS/c1-10-5-6-11(7-14(10)17)15(18)9-19-13-4-2-3-12(16)8-13/h2-8,15H,9,18H2,1H3. The van der Waals surface area contributed by atoms with Crippen molar-refractivity contribution in [3.8, 4) is 0 Å². The second kappa shape index (κ2) is 6.17. The van der Waals surface area contributed by atoms with E-state index in [1.54, 1.807) is 19.1 Å². The average molecular weight is 279 g/mol. The molecule has 0 amide bonds. The van der Waals surface area contributed by atoms with Gasteiger partial charge in [-0.2, -0.15) is 0 Å². The highest BCUT2D eigenvalue weighted by Gasteiger charge is 2.09. The van der Waals surface area contributed by atoms with Gasteiger partial charge in [0.2, 0.25) is 0 Å². The molecule has 2 rings (SSSR count). The molecular formula is C15H15F2NS. The van der Waals surface area contributed by atoms with Crippen molar-refractivity contribution < 1.29 is 8.78 Å². The summed E-state index contributed by atoms with van der Waals surface area (Å²) in [5, 5.41) is 0. The highest BCUT2D eigenvalue weighted by Crippen LogP contribution is 2.24. The van der Waals surface area contributed by atoms with E-state index in [9.17, 15) is 8.78 Å². The van der Waals surface area contributed by atoms with E-state index >= 15 is 0 Å². The van der Waals surface area contributed by atoms with Crippen LogP contribution in [0.2, 0.25) is 0 Å². The van der Waals surface area contributed by atoms with Crippen molar-refractivity contribution in [3.63, 3.8) is 0 Å². The van der Waals surface area contributed by atoms with Crippen molar-refractivity contribution in [1.82, 2.24) is 0 Å². The fraction of sp³-hybridized carbons (Fsp3) is 0.200. The lowest BCUT2D eigenvalue weighted by molar-refractivity contribution is 0.613. The van der Waals surface area contributed by atoms with Gasteiger partial charge in [0.05, 0.1) is 0 Å². The molecule has 0 spiro atoms. The number of aryl methyl sites for hydroxylation is 1. The molecule has 0 aliphatic heterocycles. The third kappa shape index (κ3) is 3.78. The fourth-order valence-electron chi connectivity index (χ4n) is 1.68. The van der Waals surface area contributed by atoms with Crippen LogP contribution in [0.25, 0.3) is 0 Å². The first-order chi connectivity index (χ1) is 9.06. The van der Waals surface area contributed by atoms with Gasteiger partial charge < -0.3 is 5.73 Å². The molecule has 0 aliphatic carbocycles. The molecule has 0 heterocycles. The monoisotopic (exact) mass is 279 g/mol. The number of hydrogen-bond acceptors (Lipinski definition) is 2. The third-order valence-corrected chi connectivity index (χ3v) is 3.96. The van der Waals surface area contributed by atoms with Crippen LogP contribution >= 0.6 is 11.8 Å². The van der Waals surface area contributed by atoms with Crippen LogP contribution in [0.3, 0.4) is 0 Å². The second-order valence-electron chi connectivity index (χ2n) is 4.38. The summed E-state index contributed by atoms with van der Waals surface area (Å²) >= 11 is 1.46. The lowest BCUT2D eigenvalue weighted by Gasteiger charge is -2.12. The minimum Gasteiger partial charge on any atom is -0.323 e. The smallest absolute Gasteiger partial charge is 0.126 e. The summed E-state index contributed by atoms with van der Waals surface area (Å²) in [5.41, 5.74) is 7.38. The summed E-state index contributed by atoms with van der Waals surface area (Å²) in [6.07, 6.45) is 0. The van der Waals surface area contributed by atoms with Gasteiger partial charge in [0.15, 0.2) is 0 Å². The molecule has 2 aromatic carbocycles. The first-order valence-electron chi connectivity index (χ1n) is 5.96. The summed E-state index contributed by atoms with van der Waals surface area (Å²) in [5.74, 6) is 0.0648. The van der Waals surface area contributed by atoms with Crippen molar-refractivity contribution in [2.45, 2.75) is 17.9 Å². The summed E-state index contributed by atoms with van der Waals surface area (Å²) in [6, 6.07) is 11.1. The quantitative estimate of drug-likeness (QED) is 0.854. The van der Waals surface area contributed by atoms with Gasteiger partial charge >= 0.3 is 0 Å². The maximum absolute atomic E-state index is 13.4. The Balaban J connectivity index is 2.01. The molecule has 1 unspecified atom stereocenters. The van der Waals surface area contributed by atoms with Crippen LogP contribution in [-0.4, -0.2) is 5.75 Å². The lowest BCUT2D eigenvalue weighted by atomic mass is 10.1. The van der Waals surface area contributed by atoms with E-state index in [0.717, 1.165) is 10.5 Å². The van der Waals surface area contributed by atoms with E-state index in [1.807, 2.05) is 12.1 Å². The van der Waals surface area contributed by atoms with E-state index in [0.29, 0.717) is 11.3 Å². The minimum absolute atomic E-state index is 0.247. The number of benzene rings is 2. The number of hydrogen-bond donors (Lipinski definition) is 1. The second-order valence-corrected chi connectivity index (χ2v) is 5.48. The number of nitrogens with two attached hydrogens (primary N) is 1. The Morgan fingerprint density at radius 1 is 1.16 bits per heavy atom. The minimum atomic E-state index is -0.275. The molecule has 0 aromatic heterocycles. The Bertz CT molecular complexity index is 572. The zero-order valence-corrected chi connectivity index (χ0v) is 11.4. The Labute approximate surface area is 115 Å². The van der Waals surface area contributed by atoms with Gasteiger partial charge in [0, 0.05) is 16.7 Å². The number of thioether (sulfide) groups is 1. The van der Waals surface area contributed by atoms with Crippen LogP contribution in [0.4, 0.5) is 8.78 Å². The largest absolute Gasteiger partial charge is 0.323 e. The average Bonchev–Trinajstić information content (AvgIpc) is 2.39. The normalized spacial score (nSPS) is 12.4. The van der Waals surface area contributed by atoms with Gasteiger partial charge in [-0.25, -0.2) is 8.78 Å². The van der Waals surface area contributed by atoms with E-state index in [2.05, 4.69) is 0 Å². The van der Waals surface area contributed by atoms with Crippen molar-refractivity contribution in [1.29, 1.82) is 0 Å². The predicted octanol–water partition coefficient (Wildman–Crippen LogP) is 4.07. The van der Waals surface area contributed by atoms with Gasteiger partial charge in [0.25, 0.3) is 0 Å². The Morgan fingerprint density at radius 3 is 2.63 bits per heavy atom. The van der Waals surface area contributed by atoms with Crippen molar-refractivity contribution in [2.75, 3.05) is 5.75 Å².